The number of aromatic hydroxyl groups is 1. The van der Waals surface area contributed by atoms with Crippen LogP contribution in [0.5, 0.6) is 17.2 Å². The van der Waals surface area contributed by atoms with Crippen LogP contribution >= 0.6 is 34.8 Å². The third-order valence-electron chi connectivity index (χ3n) is 4.79. The second-order valence-electron chi connectivity index (χ2n) is 7.24. The van der Waals surface area contributed by atoms with Gasteiger partial charge in [-0.05, 0) is 35.9 Å². The molecule has 36 heavy (non-hydrogen) atoms. The minimum atomic E-state index is -4.17. The highest BCUT2D eigenvalue weighted by molar-refractivity contribution is 7.89. The summed E-state index contributed by atoms with van der Waals surface area (Å²) in [6, 6.07) is 12.9. The van der Waals surface area contributed by atoms with Gasteiger partial charge in [-0.15, -0.1) is 0 Å². The summed E-state index contributed by atoms with van der Waals surface area (Å²) in [5.41, 5.74) is -0.783. The summed E-state index contributed by atoms with van der Waals surface area (Å²) in [4.78, 5) is 24.9. The molecule has 0 atom stereocenters. The molecule has 0 unspecified atom stereocenters. The van der Waals surface area contributed by atoms with E-state index in [4.69, 9.17) is 39.5 Å². The molecule has 3 N–H and O–H groups in total. The van der Waals surface area contributed by atoms with Crippen LogP contribution in [0.2, 0.25) is 15.1 Å². The van der Waals surface area contributed by atoms with Crippen LogP contribution in [0.3, 0.4) is 0 Å². The Kier molecular flexibility index (Phi) is 7.38. The SMILES string of the molecule is O=c1cnn(-c2cc(Cl)c(Oc3ccc(O)c(S(=O)(=O)NCc4ccccc4Cl)c3)c(Cl)c2)c(=O)[nH]1. The van der Waals surface area contributed by atoms with Crippen molar-refractivity contribution >= 4 is 44.8 Å². The van der Waals surface area contributed by atoms with E-state index >= 15 is 0 Å². The molecule has 0 bridgehead atoms. The van der Waals surface area contributed by atoms with E-state index in [1.54, 1.807) is 24.3 Å². The van der Waals surface area contributed by atoms with Crippen LogP contribution in [0.4, 0.5) is 0 Å². The molecule has 0 fully saturated rings. The number of benzene rings is 3. The number of nitrogens with one attached hydrogen (secondary N) is 2. The molecule has 3 aromatic carbocycles. The van der Waals surface area contributed by atoms with E-state index in [1.165, 1.54) is 18.2 Å². The molecule has 14 heteroatoms. The molecule has 0 radical (unpaired) electrons. The first-order chi connectivity index (χ1) is 17.0. The summed E-state index contributed by atoms with van der Waals surface area (Å²) in [6.07, 6.45) is 0.909. The highest BCUT2D eigenvalue weighted by Crippen LogP contribution is 2.39. The van der Waals surface area contributed by atoms with Crippen LogP contribution in [0.1, 0.15) is 5.56 Å². The lowest BCUT2D eigenvalue weighted by Crippen LogP contribution is -2.30. The minimum absolute atomic E-state index is 0.00167. The van der Waals surface area contributed by atoms with Gasteiger partial charge in [0.05, 0.1) is 15.7 Å². The van der Waals surface area contributed by atoms with E-state index < -0.39 is 31.9 Å². The van der Waals surface area contributed by atoms with Crippen LogP contribution in [-0.4, -0.2) is 28.3 Å². The molecule has 10 nitrogen and oxygen atoms in total. The number of ether oxygens (including phenoxy) is 1. The summed E-state index contributed by atoms with van der Waals surface area (Å²) >= 11 is 18.7. The van der Waals surface area contributed by atoms with Crippen LogP contribution < -0.4 is 20.7 Å². The molecule has 0 aliphatic carbocycles. The zero-order chi connectivity index (χ0) is 26.0. The van der Waals surface area contributed by atoms with E-state index in [0.29, 0.717) is 10.6 Å². The third-order valence-corrected chi connectivity index (χ3v) is 7.15. The van der Waals surface area contributed by atoms with Crippen molar-refractivity contribution in [1.29, 1.82) is 0 Å². The standard InChI is InChI=1S/C22H15Cl3N4O6S/c23-15-4-2-1-3-12(15)10-27-36(33,34)19-9-14(5-6-18(19)30)35-21-16(24)7-13(8-17(21)25)29-22(32)28-20(31)11-26-29/h1-9,11,27,30H,10H2,(H,28,31,32). The Hall–Kier alpha value is -3.35. The molecule has 4 rings (SSSR count). The molecule has 0 saturated carbocycles. The third kappa shape index (κ3) is 5.55. The lowest BCUT2D eigenvalue weighted by atomic mass is 10.2. The van der Waals surface area contributed by atoms with Gasteiger partial charge in [0, 0.05) is 17.6 Å². The highest BCUT2D eigenvalue weighted by atomic mass is 35.5. The number of nitrogens with zero attached hydrogens (tertiary/aromatic N) is 2. The number of phenols is 1. The lowest BCUT2D eigenvalue weighted by molar-refractivity contribution is 0.448. The van der Waals surface area contributed by atoms with Gasteiger partial charge >= 0.3 is 5.69 Å². The average Bonchev–Trinajstić information content (AvgIpc) is 2.81. The Balaban J connectivity index is 1.62. The van der Waals surface area contributed by atoms with Crippen molar-refractivity contribution in [2.75, 3.05) is 0 Å². The summed E-state index contributed by atoms with van der Waals surface area (Å²) in [7, 11) is -4.17. The first-order valence-electron chi connectivity index (χ1n) is 9.97. The number of rotatable bonds is 7. The number of H-pyrrole nitrogens is 1. The molecular formula is C22H15Cl3N4O6S. The number of halogens is 3. The minimum Gasteiger partial charge on any atom is -0.507 e. The quantitative estimate of drug-likeness (QED) is 0.307. The van der Waals surface area contributed by atoms with Gasteiger partial charge in [0.2, 0.25) is 10.0 Å². The first kappa shape index (κ1) is 25.7. The normalized spacial score (nSPS) is 11.4. The van der Waals surface area contributed by atoms with Crippen LogP contribution in [0, 0.1) is 0 Å². The van der Waals surface area contributed by atoms with Crippen molar-refractivity contribution < 1.29 is 18.3 Å². The Bertz CT molecular complexity index is 1660. The van der Waals surface area contributed by atoms with Crippen molar-refractivity contribution in [3.8, 4) is 22.9 Å². The summed E-state index contributed by atoms with van der Waals surface area (Å²) in [5.74, 6) is -0.551. The molecule has 0 aliphatic heterocycles. The number of sulfonamides is 1. The average molecular weight is 570 g/mol. The van der Waals surface area contributed by atoms with Crippen LogP contribution in [0.15, 0.2) is 75.3 Å². The molecular weight excluding hydrogens is 555 g/mol. The molecule has 0 saturated heterocycles. The van der Waals surface area contributed by atoms with Crippen molar-refractivity contribution in [2.45, 2.75) is 11.4 Å². The number of aromatic amines is 1. The van der Waals surface area contributed by atoms with E-state index in [-0.39, 0.29) is 33.8 Å². The van der Waals surface area contributed by atoms with Gasteiger partial charge in [0.1, 0.15) is 22.6 Å². The van der Waals surface area contributed by atoms with Crippen LogP contribution in [-0.2, 0) is 16.6 Å². The summed E-state index contributed by atoms with van der Waals surface area (Å²) in [6.45, 7) is -0.107. The Morgan fingerprint density at radius 3 is 2.36 bits per heavy atom. The van der Waals surface area contributed by atoms with Gasteiger partial charge in [-0.25, -0.2) is 17.9 Å². The maximum absolute atomic E-state index is 12.8. The number of aromatic nitrogens is 3. The monoisotopic (exact) mass is 568 g/mol. The molecule has 0 aliphatic rings. The topological polar surface area (TPSA) is 143 Å². The molecule has 186 valence electrons. The summed E-state index contributed by atoms with van der Waals surface area (Å²) in [5, 5.41) is 14.2. The molecule has 0 amide bonds. The van der Waals surface area contributed by atoms with E-state index in [9.17, 15) is 23.1 Å². The smallest absolute Gasteiger partial charge is 0.349 e. The first-order valence-corrected chi connectivity index (χ1v) is 12.6. The number of phenolic OH excluding ortho intramolecular Hbond substituents is 1. The predicted octanol–water partition coefficient (Wildman–Crippen LogP) is 3.86. The maximum atomic E-state index is 12.8. The van der Waals surface area contributed by atoms with Gasteiger partial charge in [-0.2, -0.15) is 9.78 Å². The Morgan fingerprint density at radius 1 is 1.00 bits per heavy atom. The fourth-order valence-electron chi connectivity index (χ4n) is 3.09. The lowest BCUT2D eigenvalue weighted by Gasteiger charge is -2.14. The Labute approximate surface area is 218 Å². The molecule has 0 spiro atoms. The summed E-state index contributed by atoms with van der Waals surface area (Å²) < 4.78 is 34.6. The fraction of sp³-hybridized carbons (Fsp3) is 0.0455. The molecule has 1 heterocycles. The van der Waals surface area contributed by atoms with Crippen molar-refractivity contribution in [2.24, 2.45) is 0 Å². The van der Waals surface area contributed by atoms with E-state index in [2.05, 4.69) is 14.8 Å². The van der Waals surface area contributed by atoms with Crippen molar-refractivity contribution in [3.05, 3.63) is 102 Å². The van der Waals surface area contributed by atoms with Gasteiger partial charge < -0.3 is 9.84 Å². The second-order valence-corrected chi connectivity index (χ2v) is 10.2. The molecule has 1 aromatic heterocycles. The number of hydrogen-bond donors (Lipinski definition) is 3. The van der Waals surface area contributed by atoms with E-state index in [1.807, 2.05) is 0 Å². The van der Waals surface area contributed by atoms with E-state index in [0.717, 1.165) is 23.0 Å². The highest BCUT2D eigenvalue weighted by Gasteiger charge is 2.21. The molecule has 4 aromatic rings. The van der Waals surface area contributed by atoms with Gasteiger partial charge in [-0.1, -0.05) is 53.0 Å². The Morgan fingerprint density at radius 2 is 1.69 bits per heavy atom. The number of hydrogen-bond acceptors (Lipinski definition) is 7. The van der Waals surface area contributed by atoms with Crippen molar-refractivity contribution in [3.63, 3.8) is 0 Å². The largest absolute Gasteiger partial charge is 0.507 e. The predicted molar refractivity (Wildman–Crippen MR) is 134 cm³/mol. The van der Waals surface area contributed by atoms with Gasteiger partial charge in [0.15, 0.2) is 5.75 Å². The van der Waals surface area contributed by atoms with Crippen molar-refractivity contribution in [1.82, 2.24) is 19.5 Å². The maximum Gasteiger partial charge on any atom is 0.349 e. The van der Waals surface area contributed by atoms with Crippen LogP contribution in [0.25, 0.3) is 5.69 Å². The van der Waals surface area contributed by atoms with Gasteiger partial charge in [-0.3, -0.25) is 9.78 Å². The zero-order valence-corrected chi connectivity index (χ0v) is 21.0. The second kappa shape index (κ2) is 10.3. The van der Waals surface area contributed by atoms with Gasteiger partial charge in [0.25, 0.3) is 5.56 Å². The zero-order valence-electron chi connectivity index (χ0n) is 17.9. The fourth-order valence-corrected chi connectivity index (χ4v) is 4.96.